The van der Waals surface area contributed by atoms with Crippen molar-refractivity contribution >= 4 is 5.91 Å². The normalized spacial score (nSPS) is 17.4. The molecule has 1 aromatic heterocycles. The Morgan fingerprint density at radius 2 is 2.13 bits per heavy atom. The minimum Gasteiger partial charge on any atom is -0.352 e. The summed E-state index contributed by atoms with van der Waals surface area (Å²) in [6, 6.07) is 6.40. The number of rotatable bonds is 4. The van der Waals surface area contributed by atoms with E-state index in [1.54, 1.807) is 16.8 Å². The SMILES string of the molecule is Cc1nn(-c2ccc(F)cc2)c(C)c1CC(=O)NC1CCNC1. The highest BCUT2D eigenvalue weighted by Crippen LogP contribution is 2.19. The zero-order valence-corrected chi connectivity index (χ0v) is 13.4. The standard InChI is InChI=1S/C17H21FN4O/c1-11-16(9-17(23)20-14-7-8-19-10-14)12(2)22(21-11)15-5-3-13(18)4-6-15/h3-6,14,19H,7-10H2,1-2H3,(H,20,23). The second-order valence-corrected chi connectivity index (χ2v) is 5.97. The summed E-state index contributed by atoms with van der Waals surface area (Å²) in [4.78, 5) is 12.2. The molecule has 0 aliphatic carbocycles. The molecule has 1 aliphatic heterocycles. The number of hydrogen-bond donors (Lipinski definition) is 2. The van der Waals surface area contributed by atoms with Gasteiger partial charge in [0.15, 0.2) is 0 Å². The molecule has 1 amide bonds. The van der Waals surface area contributed by atoms with Crippen LogP contribution in [-0.4, -0.2) is 34.8 Å². The molecule has 1 aromatic carbocycles. The van der Waals surface area contributed by atoms with Gasteiger partial charge in [-0.1, -0.05) is 0 Å². The van der Waals surface area contributed by atoms with Crippen molar-refractivity contribution < 1.29 is 9.18 Å². The van der Waals surface area contributed by atoms with Crippen LogP contribution >= 0.6 is 0 Å². The molecule has 1 saturated heterocycles. The Morgan fingerprint density at radius 1 is 1.39 bits per heavy atom. The molecular formula is C17H21FN4O. The van der Waals surface area contributed by atoms with Crippen LogP contribution in [0.3, 0.4) is 0 Å². The minimum absolute atomic E-state index is 0.0172. The van der Waals surface area contributed by atoms with Crippen LogP contribution in [0.2, 0.25) is 0 Å². The Kier molecular flexibility index (Phi) is 4.43. The topological polar surface area (TPSA) is 59.0 Å². The van der Waals surface area contributed by atoms with E-state index in [1.165, 1.54) is 12.1 Å². The zero-order valence-electron chi connectivity index (χ0n) is 13.4. The highest BCUT2D eigenvalue weighted by atomic mass is 19.1. The van der Waals surface area contributed by atoms with Crippen LogP contribution in [-0.2, 0) is 11.2 Å². The molecule has 0 saturated carbocycles. The van der Waals surface area contributed by atoms with Gasteiger partial charge in [-0.15, -0.1) is 0 Å². The van der Waals surface area contributed by atoms with Crippen molar-refractivity contribution in [2.75, 3.05) is 13.1 Å². The van der Waals surface area contributed by atoms with E-state index in [1.807, 2.05) is 13.8 Å². The monoisotopic (exact) mass is 316 g/mol. The molecule has 23 heavy (non-hydrogen) atoms. The molecule has 2 N–H and O–H groups in total. The quantitative estimate of drug-likeness (QED) is 0.902. The van der Waals surface area contributed by atoms with Crippen molar-refractivity contribution in [3.63, 3.8) is 0 Å². The van der Waals surface area contributed by atoms with E-state index in [-0.39, 0.29) is 17.8 Å². The smallest absolute Gasteiger partial charge is 0.224 e. The summed E-state index contributed by atoms with van der Waals surface area (Å²) in [6.45, 7) is 5.61. The molecular weight excluding hydrogens is 295 g/mol. The first-order chi connectivity index (χ1) is 11.0. The largest absolute Gasteiger partial charge is 0.352 e. The Bertz CT molecular complexity index is 702. The van der Waals surface area contributed by atoms with E-state index >= 15 is 0 Å². The average molecular weight is 316 g/mol. The zero-order chi connectivity index (χ0) is 16.4. The molecule has 5 nitrogen and oxygen atoms in total. The molecule has 0 bridgehead atoms. The van der Waals surface area contributed by atoms with Crippen LogP contribution in [0, 0.1) is 19.7 Å². The van der Waals surface area contributed by atoms with Crippen molar-refractivity contribution in [1.82, 2.24) is 20.4 Å². The van der Waals surface area contributed by atoms with E-state index in [0.29, 0.717) is 6.42 Å². The van der Waals surface area contributed by atoms with E-state index in [4.69, 9.17) is 0 Å². The molecule has 0 spiro atoms. The van der Waals surface area contributed by atoms with Gasteiger partial charge in [0.05, 0.1) is 17.8 Å². The van der Waals surface area contributed by atoms with E-state index in [2.05, 4.69) is 15.7 Å². The van der Waals surface area contributed by atoms with Crippen LogP contribution in [0.4, 0.5) is 4.39 Å². The van der Waals surface area contributed by atoms with E-state index < -0.39 is 0 Å². The maximum atomic E-state index is 13.1. The van der Waals surface area contributed by atoms with Crippen LogP contribution in [0.5, 0.6) is 0 Å². The van der Waals surface area contributed by atoms with E-state index in [9.17, 15) is 9.18 Å². The van der Waals surface area contributed by atoms with Crippen LogP contribution in [0.15, 0.2) is 24.3 Å². The second kappa shape index (κ2) is 6.50. The van der Waals surface area contributed by atoms with Crippen molar-refractivity contribution in [1.29, 1.82) is 0 Å². The van der Waals surface area contributed by atoms with Crippen LogP contribution < -0.4 is 10.6 Å². The van der Waals surface area contributed by atoms with Crippen LogP contribution in [0.1, 0.15) is 23.4 Å². The highest BCUT2D eigenvalue weighted by molar-refractivity contribution is 5.79. The molecule has 1 atom stereocenters. The lowest BCUT2D eigenvalue weighted by atomic mass is 10.1. The molecule has 122 valence electrons. The van der Waals surface area contributed by atoms with Crippen LogP contribution in [0.25, 0.3) is 5.69 Å². The lowest BCUT2D eigenvalue weighted by Crippen LogP contribution is -2.37. The fourth-order valence-electron chi connectivity index (χ4n) is 2.98. The number of halogens is 1. The predicted octanol–water partition coefficient (Wildman–Crippen LogP) is 1.65. The van der Waals surface area contributed by atoms with Gasteiger partial charge in [0.1, 0.15) is 5.82 Å². The first kappa shape index (κ1) is 15.7. The lowest BCUT2D eigenvalue weighted by Gasteiger charge is -2.11. The second-order valence-electron chi connectivity index (χ2n) is 5.97. The molecule has 1 unspecified atom stereocenters. The summed E-state index contributed by atoms with van der Waals surface area (Å²) in [6.07, 6.45) is 1.29. The third-order valence-electron chi connectivity index (χ3n) is 4.28. The third-order valence-corrected chi connectivity index (χ3v) is 4.28. The molecule has 6 heteroatoms. The Morgan fingerprint density at radius 3 is 2.78 bits per heavy atom. The number of hydrogen-bond acceptors (Lipinski definition) is 3. The first-order valence-corrected chi connectivity index (χ1v) is 7.85. The number of aryl methyl sites for hydroxylation is 1. The highest BCUT2D eigenvalue weighted by Gasteiger charge is 2.20. The van der Waals surface area contributed by atoms with Gasteiger partial charge in [0.2, 0.25) is 5.91 Å². The van der Waals surface area contributed by atoms with Crippen molar-refractivity contribution in [2.24, 2.45) is 0 Å². The fourth-order valence-corrected chi connectivity index (χ4v) is 2.98. The summed E-state index contributed by atoms with van der Waals surface area (Å²) < 4.78 is 14.8. The van der Waals surface area contributed by atoms with Gasteiger partial charge in [-0.3, -0.25) is 4.79 Å². The molecule has 0 radical (unpaired) electrons. The van der Waals surface area contributed by atoms with Gasteiger partial charge >= 0.3 is 0 Å². The summed E-state index contributed by atoms with van der Waals surface area (Å²) in [7, 11) is 0. The van der Waals surface area contributed by atoms with Crippen molar-refractivity contribution in [3.8, 4) is 5.69 Å². The molecule has 2 heterocycles. The van der Waals surface area contributed by atoms with Crippen molar-refractivity contribution in [2.45, 2.75) is 32.7 Å². The third kappa shape index (κ3) is 3.42. The Balaban J connectivity index is 1.77. The molecule has 2 aromatic rings. The maximum absolute atomic E-state index is 13.1. The summed E-state index contributed by atoms with van der Waals surface area (Å²) >= 11 is 0. The lowest BCUT2D eigenvalue weighted by molar-refractivity contribution is -0.121. The number of aromatic nitrogens is 2. The first-order valence-electron chi connectivity index (χ1n) is 7.85. The van der Waals surface area contributed by atoms with Gasteiger partial charge in [-0.2, -0.15) is 5.10 Å². The van der Waals surface area contributed by atoms with E-state index in [0.717, 1.165) is 42.1 Å². The molecule has 3 rings (SSSR count). The summed E-state index contributed by atoms with van der Waals surface area (Å²) in [5, 5.41) is 10.8. The predicted molar refractivity (Wildman–Crippen MR) is 86.1 cm³/mol. The van der Waals surface area contributed by atoms with Gasteiger partial charge in [0.25, 0.3) is 0 Å². The van der Waals surface area contributed by atoms with Crippen molar-refractivity contribution in [3.05, 3.63) is 47.0 Å². The van der Waals surface area contributed by atoms with Gasteiger partial charge in [-0.05, 0) is 51.1 Å². The van der Waals surface area contributed by atoms with Gasteiger partial charge in [0, 0.05) is 23.8 Å². The Labute approximate surface area is 134 Å². The number of benzene rings is 1. The summed E-state index contributed by atoms with van der Waals surface area (Å²) in [5.41, 5.74) is 3.46. The fraction of sp³-hybridized carbons (Fsp3) is 0.412. The number of nitrogens with zero attached hydrogens (tertiary/aromatic N) is 2. The van der Waals surface area contributed by atoms with Gasteiger partial charge < -0.3 is 10.6 Å². The number of nitrogens with one attached hydrogen (secondary N) is 2. The Hall–Kier alpha value is -2.21. The number of carbonyl (C=O) groups excluding carboxylic acids is 1. The summed E-state index contributed by atoms with van der Waals surface area (Å²) in [5.74, 6) is -0.261. The average Bonchev–Trinajstić information content (AvgIpc) is 3.12. The number of amides is 1. The van der Waals surface area contributed by atoms with Gasteiger partial charge in [-0.25, -0.2) is 9.07 Å². The molecule has 1 aliphatic rings. The maximum Gasteiger partial charge on any atom is 0.224 e. The number of carbonyl (C=O) groups is 1. The molecule has 1 fully saturated rings. The minimum atomic E-state index is -0.278.